The van der Waals surface area contributed by atoms with E-state index in [9.17, 15) is 9.90 Å². The van der Waals surface area contributed by atoms with E-state index in [4.69, 9.17) is 5.73 Å². The smallest absolute Gasteiger partial charge is 0.224 e. The second kappa shape index (κ2) is 15.6. The number of hydrogen-bond acceptors (Lipinski definition) is 6. The van der Waals surface area contributed by atoms with Gasteiger partial charge in [0.15, 0.2) is 0 Å². The Morgan fingerprint density at radius 3 is 2.13 bits per heavy atom. The van der Waals surface area contributed by atoms with Crippen molar-refractivity contribution >= 4 is 16.8 Å². The Balaban J connectivity index is 1.39. The summed E-state index contributed by atoms with van der Waals surface area (Å²) in [6.45, 7) is 7.49. The lowest BCUT2D eigenvalue weighted by Crippen LogP contribution is -2.29. The lowest BCUT2D eigenvalue weighted by atomic mass is 10.1. The Labute approximate surface area is 185 Å². The van der Waals surface area contributed by atoms with Gasteiger partial charge >= 0.3 is 0 Å². The number of hydrogen-bond donors (Lipinski definition) is 7. The molecule has 0 spiro atoms. The SMILES string of the molecule is NCCCCNCCCNCCCNCCCNC(=O)Cc1c[nH]c2cccc(O)c12. The van der Waals surface area contributed by atoms with Crippen LogP contribution in [0.2, 0.25) is 0 Å². The van der Waals surface area contributed by atoms with Crippen molar-refractivity contribution in [3.05, 3.63) is 30.0 Å². The fourth-order valence-corrected chi connectivity index (χ4v) is 3.50. The summed E-state index contributed by atoms with van der Waals surface area (Å²) in [5, 5.41) is 24.0. The highest BCUT2D eigenvalue weighted by Gasteiger charge is 2.11. The molecule has 1 amide bonds. The summed E-state index contributed by atoms with van der Waals surface area (Å²) in [7, 11) is 0. The molecule has 0 aliphatic carbocycles. The Bertz CT molecular complexity index is 749. The highest BCUT2D eigenvalue weighted by molar-refractivity contribution is 5.92. The first-order chi connectivity index (χ1) is 15.2. The molecule has 1 heterocycles. The first-order valence-corrected chi connectivity index (χ1v) is 11.6. The van der Waals surface area contributed by atoms with Crippen LogP contribution in [-0.4, -0.2) is 68.4 Å². The Hall–Kier alpha value is -2.13. The van der Waals surface area contributed by atoms with E-state index in [1.54, 1.807) is 18.3 Å². The Morgan fingerprint density at radius 1 is 0.871 bits per heavy atom. The fourth-order valence-electron chi connectivity index (χ4n) is 3.50. The van der Waals surface area contributed by atoms with Crippen LogP contribution < -0.4 is 27.0 Å². The van der Waals surface area contributed by atoms with E-state index in [2.05, 4.69) is 26.3 Å². The highest BCUT2D eigenvalue weighted by Crippen LogP contribution is 2.27. The number of phenolic OH excluding ortho intramolecular Hbond substituents is 1. The zero-order valence-electron chi connectivity index (χ0n) is 18.6. The number of fused-ring (bicyclic) bond motifs is 1. The van der Waals surface area contributed by atoms with Crippen LogP contribution in [0.1, 0.15) is 37.7 Å². The molecule has 0 fully saturated rings. The quantitative estimate of drug-likeness (QED) is 0.178. The second-order valence-electron chi connectivity index (χ2n) is 7.85. The summed E-state index contributed by atoms with van der Waals surface area (Å²) in [5.74, 6) is 0.178. The van der Waals surface area contributed by atoms with Gasteiger partial charge in [0.05, 0.1) is 6.42 Å². The molecule has 8 heteroatoms. The van der Waals surface area contributed by atoms with E-state index >= 15 is 0 Å². The van der Waals surface area contributed by atoms with Crippen LogP contribution in [0, 0.1) is 0 Å². The number of carbonyl (C=O) groups excluding carboxylic acids is 1. The predicted octanol–water partition coefficient (Wildman–Crippen LogP) is 1.21. The van der Waals surface area contributed by atoms with Gasteiger partial charge in [-0.05, 0) is 95.6 Å². The second-order valence-corrected chi connectivity index (χ2v) is 7.85. The third-order valence-corrected chi connectivity index (χ3v) is 5.19. The molecular weight excluding hydrogens is 392 g/mol. The number of nitrogens with one attached hydrogen (secondary N) is 5. The summed E-state index contributed by atoms with van der Waals surface area (Å²) in [6.07, 6.45) is 7.46. The van der Waals surface area contributed by atoms with Crippen molar-refractivity contribution in [2.45, 2.75) is 38.5 Å². The zero-order chi connectivity index (χ0) is 22.2. The van der Waals surface area contributed by atoms with Crippen LogP contribution in [0.25, 0.3) is 10.9 Å². The Morgan fingerprint density at radius 2 is 1.48 bits per heavy atom. The van der Waals surface area contributed by atoms with Crippen LogP contribution in [0.3, 0.4) is 0 Å². The first kappa shape index (κ1) is 25.1. The van der Waals surface area contributed by atoms with Gasteiger partial charge in [-0.25, -0.2) is 0 Å². The summed E-state index contributed by atoms with van der Waals surface area (Å²) >= 11 is 0. The number of nitrogens with two attached hydrogens (primary N) is 1. The van der Waals surface area contributed by atoms with E-state index in [1.807, 2.05) is 6.07 Å². The van der Waals surface area contributed by atoms with Crippen LogP contribution in [0.5, 0.6) is 5.75 Å². The number of amides is 1. The summed E-state index contributed by atoms with van der Waals surface area (Å²) < 4.78 is 0. The van der Waals surface area contributed by atoms with Crippen molar-refractivity contribution in [3.8, 4) is 5.75 Å². The fraction of sp³-hybridized carbons (Fsp3) is 0.609. The topological polar surface area (TPSA) is 127 Å². The molecule has 0 saturated carbocycles. The average Bonchev–Trinajstić information content (AvgIpc) is 3.17. The van der Waals surface area contributed by atoms with E-state index < -0.39 is 0 Å². The highest BCUT2D eigenvalue weighted by atomic mass is 16.3. The molecule has 2 aromatic rings. The van der Waals surface area contributed by atoms with Crippen molar-refractivity contribution in [1.29, 1.82) is 0 Å². The molecule has 0 aliphatic rings. The van der Waals surface area contributed by atoms with Gasteiger partial charge in [-0.15, -0.1) is 0 Å². The molecule has 0 radical (unpaired) electrons. The van der Waals surface area contributed by atoms with Crippen LogP contribution in [0.15, 0.2) is 24.4 Å². The van der Waals surface area contributed by atoms with Crippen LogP contribution in [0.4, 0.5) is 0 Å². The van der Waals surface area contributed by atoms with Crippen molar-refractivity contribution < 1.29 is 9.90 Å². The molecule has 1 aromatic carbocycles. The number of benzene rings is 1. The number of aromatic amines is 1. The van der Waals surface area contributed by atoms with E-state index in [1.165, 1.54) is 0 Å². The van der Waals surface area contributed by atoms with Crippen LogP contribution >= 0.6 is 0 Å². The van der Waals surface area contributed by atoms with E-state index in [-0.39, 0.29) is 18.1 Å². The molecule has 0 saturated heterocycles. The maximum Gasteiger partial charge on any atom is 0.224 e. The van der Waals surface area contributed by atoms with Gasteiger partial charge in [0, 0.05) is 23.6 Å². The maximum atomic E-state index is 12.2. The normalized spacial score (nSPS) is 11.3. The minimum atomic E-state index is -0.0257. The number of H-pyrrole nitrogens is 1. The van der Waals surface area contributed by atoms with Gasteiger partial charge in [0.1, 0.15) is 5.75 Å². The van der Waals surface area contributed by atoms with Gasteiger partial charge in [0.2, 0.25) is 5.91 Å². The number of unbranched alkanes of at least 4 members (excludes halogenated alkanes) is 1. The molecule has 31 heavy (non-hydrogen) atoms. The molecule has 1 aromatic heterocycles. The van der Waals surface area contributed by atoms with Gasteiger partial charge in [0.25, 0.3) is 0 Å². The van der Waals surface area contributed by atoms with Crippen molar-refractivity contribution in [2.75, 3.05) is 52.4 Å². The summed E-state index contributed by atoms with van der Waals surface area (Å²) in [4.78, 5) is 15.3. The standard InChI is InChI=1S/C23H40N6O2/c24-9-1-2-10-25-11-4-12-26-13-5-14-27-15-6-16-28-22(31)17-19-18-29-20-7-3-8-21(30)23(19)20/h3,7-8,18,25-27,29-30H,1-2,4-6,9-17,24H2,(H,28,31). The van der Waals surface area contributed by atoms with Gasteiger partial charge < -0.3 is 37.1 Å². The number of aromatic hydroxyl groups is 1. The molecule has 0 aliphatic heterocycles. The number of rotatable bonds is 18. The molecule has 8 nitrogen and oxygen atoms in total. The van der Waals surface area contributed by atoms with E-state index in [0.717, 1.165) is 94.4 Å². The molecule has 0 bridgehead atoms. The summed E-state index contributed by atoms with van der Waals surface area (Å²) in [6, 6.07) is 5.31. The molecule has 0 unspecified atom stereocenters. The monoisotopic (exact) mass is 432 g/mol. The van der Waals surface area contributed by atoms with Crippen molar-refractivity contribution in [2.24, 2.45) is 5.73 Å². The third kappa shape index (κ3) is 10.1. The van der Waals surface area contributed by atoms with Gasteiger partial charge in [-0.3, -0.25) is 4.79 Å². The minimum Gasteiger partial charge on any atom is -0.507 e. The molecule has 2 rings (SSSR count). The molecule has 8 N–H and O–H groups in total. The largest absolute Gasteiger partial charge is 0.507 e. The molecular formula is C23H40N6O2. The molecule has 0 atom stereocenters. The first-order valence-electron chi connectivity index (χ1n) is 11.6. The lowest BCUT2D eigenvalue weighted by molar-refractivity contribution is -0.120. The average molecular weight is 433 g/mol. The van der Waals surface area contributed by atoms with E-state index in [0.29, 0.717) is 6.54 Å². The Kier molecular flexibility index (Phi) is 12.7. The summed E-state index contributed by atoms with van der Waals surface area (Å²) in [5.41, 5.74) is 7.13. The van der Waals surface area contributed by atoms with Crippen LogP contribution in [-0.2, 0) is 11.2 Å². The predicted molar refractivity (Wildman–Crippen MR) is 127 cm³/mol. The number of aromatic nitrogens is 1. The number of carbonyl (C=O) groups is 1. The lowest BCUT2D eigenvalue weighted by Gasteiger charge is -2.08. The minimum absolute atomic E-state index is 0.0257. The van der Waals surface area contributed by atoms with Crippen molar-refractivity contribution in [3.63, 3.8) is 0 Å². The van der Waals surface area contributed by atoms with Crippen molar-refractivity contribution in [1.82, 2.24) is 26.3 Å². The maximum absolute atomic E-state index is 12.2. The molecule has 174 valence electrons. The van der Waals surface area contributed by atoms with Gasteiger partial charge in [-0.1, -0.05) is 6.07 Å². The third-order valence-electron chi connectivity index (χ3n) is 5.19. The number of phenols is 1. The zero-order valence-corrected chi connectivity index (χ0v) is 18.6. The van der Waals surface area contributed by atoms with Gasteiger partial charge in [-0.2, -0.15) is 0 Å².